The van der Waals surface area contributed by atoms with Gasteiger partial charge >= 0.3 is 5.97 Å². The van der Waals surface area contributed by atoms with Crippen molar-refractivity contribution >= 4 is 58.0 Å². The van der Waals surface area contributed by atoms with Crippen LogP contribution >= 0.6 is 35.7 Å². The molecule has 1 amide bonds. The van der Waals surface area contributed by atoms with E-state index in [0.717, 1.165) is 5.56 Å². The normalized spacial score (nSPS) is 17.6. The Bertz CT molecular complexity index is 698. The van der Waals surface area contributed by atoms with E-state index < -0.39 is 12.0 Å². The number of nitrogens with zero attached hydrogens (tertiary/aromatic N) is 1. The van der Waals surface area contributed by atoms with Crippen LogP contribution in [0.1, 0.15) is 37.3 Å². The molecule has 134 valence electrons. The fraction of sp³-hybridized carbons (Fsp3) is 0.389. The van der Waals surface area contributed by atoms with E-state index in [4.69, 9.17) is 12.2 Å². The Labute approximate surface area is 162 Å². The molecule has 1 heterocycles. The molecule has 1 N–H and O–H groups in total. The largest absolute Gasteiger partial charge is 0.480 e. The standard InChI is InChI=1S/C18H21NO3S3/c1-11(2)13-6-4-12(5-7-13)10-15-16(20)19(18(23)25-15)14(17(21)22)8-9-24-3/h4-7,10-11,14H,8-9H2,1-3H3,(H,21,22)/b15-10+/t14-/m0/s1. The average Bonchev–Trinajstić information content (AvgIpc) is 2.83. The zero-order chi connectivity index (χ0) is 18.6. The Balaban J connectivity index is 2.23. The number of hydrogen-bond acceptors (Lipinski definition) is 5. The highest BCUT2D eigenvalue weighted by Gasteiger charge is 2.40. The minimum absolute atomic E-state index is 0.309. The highest BCUT2D eigenvalue weighted by atomic mass is 32.2. The van der Waals surface area contributed by atoms with Crippen LogP contribution in [0.25, 0.3) is 6.08 Å². The molecule has 1 aliphatic heterocycles. The van der Waals surface area contributed by atoms with E-state index in [9.17, 15) is 14.7 Å². The predicted octanol–water partition coefficient (Wildman–Crippen LogP) is 4.22. The quantitative estimate of drug-likeness (QED) is 0.551. The van der Waals surface area contributed by atoms with Gasteiger partial charge < -0.3 is 5.11 Å². The highest BCUT2D eigenvalue weighted by Crippen LogP contribution is 2.35. The Kier molecular flexibility index (Phi) is 7.10. The van der Waals surface area contributed by atoms with Crippen molar-refractivity contribution < 1.29 is 14.7 Å². The summed E-state index contributed by atoms with van der Waals surface area (Å²) in [5.41, 5.74) is 2.13. The number of hydrogen-bond donors (Lipinski definition) is 1. The molecule has 1 aromatic carbocycles. The van der Waals surface area contributed by atoms with Crippen LogP contribution in [0.15, 0.2) is 29.2 Å². The first kappa shape index (κ1) is 20.0. The number of carboxylic acid groups (broad SMARTS) is 1. The van der Waals surface area contributed by atoms with Crippen LogP contribution in [-0.2, 0) is 9.59 Å². The van der Waals surface area contributed by atoms with Gasteiger partial charge in [0.25, 0.3) is 5.91 Å². The molecule has 0 aromatic heterocycles. The van der Waals surface area contributed by atoms with E-state index in [1.807, 2.05) is 30.5 Å². The molecule has 0 spiro atoms. The van der Waals surface area contributed by atoms with Crippen molar-refractivity contribution in [1.29, 1.82) is 0 Å². The van der Waals surface area contributed by atoms with Crippen LogP contribution in [0.2, 0.25) is 0 Å². The summed E-state index contributed by atoms with van der Waals surface area (Å²) < 4.78 is 0.309. The Hall–Kier alpha value is -1.31. The highest BCUT2D eigenvalue weighted by molar-refractivity contribution is 8.26. The molecule has 1 saturated heterocycles. The molecule has 1 aliphatic rings. The van der Waals surface area contributed by atoms with Crippen LogP contribution in [-0.4, -0.2) is 44.3 Å². The molecule has 0 aliphatic carbocycles. The lowest BCUT2D eigenvalue weighted by atomic mass is 10.0. The van der Waals surface area contributed by atoms with Crippen LogP contribution in [0.5, 0.6) is 0 Å². The first-order valence-electron chi connectivity index (χ1n) is 7.94. The van der Waals surface area contributed by atoms with Crippen LogP contribution < -0.4 is 0 Å². The van der Waals surface area contributed by atoms with Crippen molar-refractivity contribution in [2.75, 3.05) is 12.0 Å². The number of aliphatic carboxylic acids is 1. The average molecular weight is 396 g/mol. The van der Waals surface area contributed by atoms with E-state index in [1.54, 1.807) is 17.8 Å². The van der Waals surface area contributed by atoms with Gasteiger partial charge in [-0.2, -0.15) is 11.8 Å². The second kappa shape index (κ2) is 8.87. The van der Waals surface area contributed by atoms with E-state index in [0.29, 0.717) is 27.3 Å². The lowest BCUT2D eigenvalue weighted by molar-refractivity contribution is -0.145. The summed E-state index contributed by atoms with van der Waals surface area (Å²) in [4.78, 5) is 26.0. The predicted molar refractivity (Wildman–Crippen MR) is 110 cm³/mol. The first-order chi connectivity index (χ1) is 11.8. The molecule has 25 heavy (non-hydrogen) atoms. The first-order valence-corrected chi connectivity index (χ1v) is 10.6. The van der Waals surface area contributed by atoms with Gasteiger partial charge in [0.15, 0.2) is 0 Å². The zero-order valence-corrected chi connectivity index (χ0v) is 16.8. The number of carbonyl (C=O) groups excluding carboxylic acids is 1. The Morgan fingerprint density at radius 2 is 2.00 bits per heavy atom. The summed E-state index contributed by atoms with van der Waals surface area (Å²) in [6, 6.07) is 7.09. The maximum Gasteiger partial charge on any atom is 0.326 e. The van der Waals surface area contributed by atoms with Gasteiger partial charge in [0.05, 0.1) is 4.91 Å². The van der Waals surface area contributed by atoms with Gasteiger partial charge in [0, 0.05) is 0 Å². The van der Waals surface area contributed by atoms with Crippen molar-refractivity contribution in [3.05, 3.63) is 40.3 Å². The van der Waals surface area contributed by atoms with E-state index in [-0.39, 0.29) is 5.91 Å². The minimum Gasteiger partial charge on any atom is -0.480 e. The smallest absolute Gasteiger partial charge is 0.326 e. The fourth-order valence-corrected chi connectivity index (χ4v) is 4.29. The summed E-state index contributed by atoms with van der Waals surface area (Å²) in [7, 11) is 0. The maximum atomic E-state index is 12.7. The summed E-state index contributed by atoms with van der Waals surface area (Å²) in [5.74, 6) is -0.242. The number of amides is 1. The molecule has 1 fully saturated rings. The maximum absolute atomic E-state index is 12.7. The second-order valence-corrected chi connectivity index (χ2v) is 8.67. The fourth-order valence-electron chi connectivity index (χ4n) is 2.47. The summed E-state index contributed by atoms with van der Waals surface area (Å²) in [6.45, 7) is 4.25. The summed E-state index contributed by atoms with van der Waals surface area (Å²) >= 11 is 7.98. The Morgan fingerprint density at radius 1 is 1.36 bits per heavy atom. The van der Waals surface area contributed by atoms with Crippen molar-refractivity contribution in [3.8, 4) is 0 Å². The van der Waals surface area contributed by atoms with Gasteiger partial charge in [-0.25, -0.2) is 4.79 Å². The van der Waals surface area contributed by atoms with Gasteiger partial charge in [-0.1, -0.05) is 62.1 Å². The van der Waals surface area contributed by atoms with Gasteiger partial charge in [-0.3, -0.25) is 9.69 Å². The number of rotatable bonds is 7. The summed E-state index contributed by atoms with van der Waals surface area (Å²) in [5, 5.41) is 9.46. The number of thioether (sulfide) groups is 2. The minimum atomic E-state index is -1.02. The van der Waals surface area contributed by atoms with Crippen molar-refractivity contribution in [1.82, 2.24) is 4.90 Å². The molecule has 0 saturated carbocycles. The number of thiocarbonyl (C=S) groups is 1. The Morgan fingerprint density at radius 3 is 2.52 bits per heavy atom. The molecule has 0 radical (unpaired) electrons. The molecule has 7 heteroatoms. The molecule has 2 rings (SSSR count). The number of carboxylic acids is 1. The third kappa shape index (κ3) is 4.86. The van der Waals surface area contributed by atoms with Crippen LogP contribution in [0, 0.1) is 0 Å². The molecule has 1 aromatic rings. The van der Waals surface area contributed by atoms with Gasteiger partial charge in [-0.15, -0.1) is 0 Å². The van der Waals surface area contributed by atoms with Crippen molar-refractivity contribution in [3.63, 3.8) is 0 Å². The SMILES string of the molecule is CSCC[C@@H](C(=O)O)N1C(=O)/C(=C\c2ccc(C(C)C)cc2)SC1=S. The lowest BCUT2D eigenvalue weighted by Crippen LogP contribution is -2.44. The molecular formula is C18H21NO3S3. The van der Waals surface area contributed by atoms with E-state index >= 15 is 0 Å². The third-order valence-corrected chi connectivity index (χ3v) is 5.89. The number of carbonyl (C=O) groups is 2. The monoisotopic (exact) mass is 395 g/mol. The van der Waals surface area contributed by atoms with Crippen molar-refractivity contribution in [2.24, 2.45) is 0 Å². The van der Waals surface area contributed by atoms with Gasteiger partial charge in [0.2, 0.25) is 0 Å². The molecular weight excluding hydrogens is 374 g/mol. The molecule has 4 nitrogen and oxygen atoms in total. The van der Waals surface area contributed by atoms with E-state index in [2.05, 4.69) is 13.8 Å². The topological polar surface area (TPSA) is 57.6 Å². The van der Waals surface area contributed by atoms with Crippen molar-refractivity contribution in [2.45, 2.75) is 32.2 Å². The lowest BCUT2D eigenvalue weighted by Gasteiger charge is -2.22. The van der Waals surface area contributed by atoms with Gasteiger partial charge in [0.1, 0.15) is 10.4 Å². The third-order valence-electron chi connectivity index (χ3n) is 3.92. The molecule has 0 unspecified atom stereocenters. The summed E-state index contributed by atoms with van der Waals surface area (Å²) in [6.07, 6.45) is 4.06. The molecule has 0 bridgehead atoms. The zero-order valence-electron chi connectivity index (χ0n) is 14.4. The van der Waals surface area contributed by atoms with E-state index in [1.165, 1.54) is 22.2 Å². The van der Waals surface area contributed by atoms with Crippen LogP contribution in [0.4, 0.5) is 0 Å². The molecule has 1 atom stereocenters. The number of benzene rings is 1. The van der Waals surface area contributed by atoms with Gasteiger partial charge in [-0.05, 0) is 41.6 Å². The van der Waals surface area contributed by atoms with Crippen LogP contribution in [0.3, 0.4) is 0 Å². The second-order valence-electron chi connectivity index (χ2n) is 6.01.